The lowest BCUT2D eigenvalue weighted by Crippen LogP contribution is -1.51. The van der Waals surface area contributed by atoms with Crippen LogP contribution in [0, 0.1) is 0 Å². The third kappa shape index (κ3) is 34.0. The van der Waals surface area contributed by atoms with E-state index in [0.717, 1.165) is 0 Å². The van der Waals surface area contributed by atoms with Crippen molar-refractivity contribution in [1.29, 1.82) is 0 Å². The number of rotatable bonds is 2. The van der Waals surface area contributed by atoms with Gasteiger partial charge >= 0.3 is 0 Å². The number of allylic oxidation sites excluding steroid dienone is 2. The molecule has 0 aliphatic heterocycles. The van der Waals surface area contributed by atoms with E-state index in [1.54, 1.807) is 0 Å². The van der Waals surface area contributed by atoms with Gasteiger partial charge in [0.25, 0.3) is 0 Å². The fraction of sp³-hybridized carbons (Fsp3) is 0.778. The maximum absolute atomic E-state index is 2.18. The van der Waals surface area contributed by atoms with E-state index in [0.29, 0.717) is 0 Å². The Bertz CT molecular complexity index is 38.0. The maximum Gasteiger partial charge on any atom is -0.0379 e. The topological polar surface area (TPSA) is 0 Å². The average molecular weight is 128 g/mol. The van der Waals surface area contributed by atoms with E-state index in [4.69, 9.17) is 0 Å². The molecule has 0 N–H and O–H groups in total. The van der Waals surface area contributed by atoms with Gasteiger partial charge < -0.3 is 0 Å². The van der Waals surface area contributed by atoms with Crippen LogP contribution >= 0.6 is 0 Å². The second kappa shape index (κ2) is 15.6. The van der Waals surface area contributed by atoms with Crippen molar-refractivity contribution in [3.05, 3.63) is 12.2 Å². The molecule has 0 amide bonds. The summed E-state index contributed by atoms with van der Waals surface area (Å²) in [6.45, 7) is 8.54. The standard InChI is InChI=1S/C6H12.C3H8/c1-3-5-6-4-2;1-3-2/h5-6H,3-4H2,1-2H3;3H2,1-2H3. The van der Waals surface area contributed by atoms with Crippen molar-refractivity contribution in [3.63, 3.8) is 0 Å². The Morgan fingerprint density at radius 1 is 0.778 bits per heavy atom. The van der Waals surface area contributed by atoms with Gasteiger partial charge in [-0.3, -0.25) is 0 Å². The number of hydrogen-bond acceptors (Lipinski definition) is 0. The molecule has 0 nitrogen and oxygen atoms in total. The Kier molecular flexibility index (Phi) is 20.0. The van der Waals surface area contributed by atoms with Crippen LogP contribution < -0.4 is 0 Å². The molecular weight excluding hydrogens is 108 g/mol. The molecule has 0 fully saturated rings. The predicted molar refractivity (Wildman–Crippen MR) is 45.7 cm³/mol. The Labute approximate surface area is 60.0 Å². The molecule has 0 rings (SSSR count). The molecule has 0 spiro atoms. The van der Waals surface area contributed by atoms with Crippen LogP contribution in [0.4, 0.5) is 0 Å². The van der Waals surface area contributed by atoms with Crippen LogP contribution in [0.3, 0.4) is 0 Å². The van der Waals surface area contributed by atoms with Crippen molar-refractivity contribution in [2.75, 3.05) is 0 Å². The molecule has 0 bridgehead atoms. The highest BCUT2D eigenvalue weighted by Crippen LogP contribution is 1.81. The van der Waals surface area contributed by atoms with Crippen molar-refractivity contribution >= 4 is 0 Å². The molecule has 0 aromatic rings. The molecule has 56 valence electrons. The van der Waals surface area contributed by atoms with Gasteiger partial charge in [0.05, 0.1) is 0 Å². The smallest absolute Gasteiger partial charge is 0.0379 e. The predicted octanol–water partition coefficient (Wildman–Crippen LogP) is 3.78. The van der Waals surface area contributed by atoms with E-state index in [2.05, 4.69) is 39.8 Å². The molecule has 0 aromatic carbocycles. The largest absolute Gasteiger partial charge is 0.0888 e. The summed E-state index contributed by atoms with van der Waals surface area (Å²) in [5.74, 6) is 0. The fourth-order valence-corrected chi connectivity index (χ4v) is 0.333. The summed E-state index contributed by atoms with van der Waals surface area (Å²) in [5.41, 5.74) is 0. The Morgan fingerprint density at radius 3 is 1.11 bits per heavy atom. The van der Waals surface area contributed by atoms with Crippen molar-refractivity contribution in [3.8, 4) is 0 Å². The van der Waals surface area contributed by atoms with Crippen molar-refractivity contribution in [1.82, 2.24) is 0 Å². The minimum atomic E-state index is 1.17. The maximum atomic E-state index is 2.18. The summed E-state index contributed by atoms with van der Waals surface area (Å²) < 4.78 is 0. The molecule has 0 heterocycles. The summed E-state index contributed by atoms with van der Waals surface area (Å²) in [7, 11) is 0. The van der Waals surface area contributed by atoms with Crippen molar-refractivity contribution < 1.29 is 0 Å². The zero-order valence-corrected chi connectivity index (χ0v) is 7.28. The zero-order valence-electron chi connectivity index (χ0n) is 7.28. The Balaban J connectivity index is 0. The van der Waals surface area contributed by atoms with Crippen LogP contribution in [0.15, 0.2) is 12.2 Å². The van der Waals surface area contributed by atoms with Crippen LogP contribution in [0.25, 0.3) is 0 Å². The molecule has 0 radical (unpaired) electrons. The summed E-state index contributed by atoms with van der Waals surface area (Å²) in [5, 5.41) is 0. The van der Waals surface area contributed by atoms with Crippen molar-refractivity contribution in [2.24, 2.45) is 0 Å². The lowest BCUT2D eigenvalue weighted by molar-refractivity contribution is 1.09. The third-order valence-corrected chi connectivity index (χ3v) is 0.638. The van der Waals surface area contributed by atoms with E-state index in [-0.39, 0.29) is 0 Å². The van der Waals surface area contributed by atoms with Crippen LogP contribution in [0.5, 0.6) is 0 Å². The summed E-state index contributed by atoms with van der Waals surface area (Å²) >= 11 is 0. The first-order valence-corrected chi connectivity index (χ1v) is 3.98. The van der Waals surface area contributed by atoms with Gasteiger partial charge in [-0.05, 0) is 12.8 Å². The summed E-state index contributed by atoms with van der Waals surface area (Å²) in [6, 6.07) is 0. The van der Waals surface area contributed by atoms with E-state index in [9.17, 15) is 0 Å². The van der Waals surface area contributed by atoms with Gasteiger partial charge in [-0.2, -0.15) is 0 Å². The highest BCUT2D eigenvalue weighted by atomic mass is 13.7. The molecule has 0 aliphatic rings. The highest BCUT2D eigenvalue weighted by molar-refractivity contribution is 4.77. The van der Waals surface area contributed by atoms with E-state index >= 15 is 0 Å². The average Bonchev–Trinajstić information content (AvgIpc) is 1.86. The van der Waals surface area contributed by atoms with Gasteiger partial charge in [-0.15, -0.1) is 0 Å². The van der Waals surface area contributed by atoms with Gasteiger partial charge in [0.15, 0.2) is 0 Å². The molecule has 0 saturated carbocycles. The van der Waals surface area contributed by atoms with Gasteiger partial charge in [-0.25, -0.2) is 0 Å². The van der Waals surface area contributed by atoms with Gasteiger partial charge in [0.1, 0.15) is 0 Å². The molecule has 0 unspecified atom stereocenters. The summed E-state index contributed by atoms with van der Waals surface area (Å²) in [4.78, 5) is 0. The Morgan fingerprint density at radius 2 is 1.00 bits per heavy atom. The Hall–Kier alpha value is -0.260. The first-order chi connectivity index (χ1) is 4.33. The second-order valence-corrected chi connectivity index (χ2v) is 2.00. The molecule has 0 heteroatoms. The molecular formula is C9H20. The molecule has 0 atom stereocenters. The fourth-order valence-electron chi connectivity index (χ4n) is 0.333. The first-order valence-electron chi connectivity index (χ1n) is 3.98. The minimum absolute atomic E-state index is 1.17. The quantitative estimate of drug-likeness (QED) is 0.496. The van der Waals surface area contributed by atoms with E-state index in [1.165, 1.54) is 19.3 Å². The zero-order chi connectivity index (χ0) is 7.54. The minimum Gasteiger partial charge on any atom is -0.0888 e. The van der Waals surface area contributed by atoms with Gasteiger partial charge in [-0.1, -0.05) is 46.3 Å². The highest BCUT2D eigenvalue weighted by Gasteiger charge is 1.60. The SMILES string of the molecule is CCC.CCC=CCC. The van der Waals surface area contributed by atoms with Crippen LogP contribution in [0.2, 0.25) is 0 Å². The second-order valence-electron chi connectivity index (χ2n) is 2.00. The summed E-state index contributed by atoms with van der Waals surface area (Å²) in [6.07, 6.45) is 7.96. The van der Waals surface area contributed by atoms with Gasteiger partial charge in [0, 0.05) is 0 Å². The van der Waals surface area contributed by atoms with Crippen LogP contribution in [0.1, 0.15) is 47.0 Å². The molecule has 0 aromatic heterocycles. The first kappa shape index (κ1) is 11.5. The lowest BCUT2D eigenvalue weighted by atomic mass is 10.4. The third-order valence-electron chi connectivity index (χ3n) is 0.638. The van der Waals surface area contributed by atoms with E-state index in [1.807, 2.05) is 0 Å². The molecule has 0 aliphatic carbocycles. The molecule has 0 saturated heterocycles. The van der Waals surface area contributed by atoms with Crippen LogP contribution in [-0.2, 0) is 0 Å². The lowest BCUT2D eigenvalue weighted by Gasteiger charge is -1.72. The monoisotopic (exact) mass is 128 g/mol. The van der Waals surface area contributed by atoms with Crippen molar-refractivity contribution in [2.45, 2.75) is 47.0 Å². The van der Waals surface area contributed by atoms with E-state index < -0.39 is 0 Å². The van der Waals surface area contributed by atoms with Crippen LogP contribution in [-0.4, -0.2) is 0 Å². The normalized spacial score (nSPS) is 8.89. The molecule has 9 heavy (non-hydrogen) atoms. The van der Waals surface area contributed by atoms with Gasteiger partial charge in [0.2, 0.25) is 0 Å². The number of hydrogen-bond donors (Lipinski definition) is 0.